The predicted octanol–water partition coefficient (Wildman–Crippen LogP) is 5.11. The first kappa shape index (κ1) is 22.6. The van der Waals surface area contributed by atoms with Crippen molar-refractivity contribution < 1.29 is 20.1 Å². The maximum Gasteiger partial charge on any atom is 0.303 e. The van der Waals surface area contributed by atoms with Crippen molar-refractivity contribution in [1.29, 1.82) is 0 Å². The first-order valence-electron chi connectivity index (χ1n) is 12.7. The normalized spacial score (nSPS) is 51.5. The zero-order valence-electron chi connectivity index (χ0n) is 19.5. The van der Waals surface area contributed by atoms with Crippen LogP contribution in [0.4, 0.5) is 0 Å². The molecular formula is C26H44O4. The second-order valence-electron chi connectivity index (χ2n) is 12.0. The number of carbonyl (C=O) groups is 1. The van der Waals surface area contributed by atoms with Gasteiger partial charge in [0.2, 0.25) is 0 Å². The standard InChI is InChI=1S/C26H44O4/c1-5-17-21-14-16(27)10-12-26(21,4)20-11-13-25(3)18(15(2)6-9-22(28)29)7-8-19(25)23(20)24(17)30/h15-21,23-24,27,30H,5-14H2,1-4H3,(H,28,29)/t15-,16-,17-,18-,19+,20+,21+,23+,24+,25-,26-/m1/s1. The molecule has 30 heavy (non-hydrogen) atoms. The highest BCUT2D eigenvalue weighted by molar-refractivity contribution is 5.66. The lowest BCUT2D eigenvalue weighted by atomic mass is 9.41. The van der Waals surface area contributed by atoms with Crippen molar-refractivity contribution in [2.75, 3.05) is 0 Å². The minimum Gasteiger partial charge on any atom is -0.481 e. The molecule has 0 spiro atoms. The highest BCUT2D eigenvalue weighted by Crippen LogP contribution is 2.69. The molecule has 0 heterocycles. The second kappa shape index (κ2) is 8.06. The molecule has 0 bridgehead atoms. The van der Waals surface area contributed by atoms with E-state index in [1.54, 1.807) is 0 Å². The van der Waals surface area contributed by atoms with Crippen LogP contribution < -0.4 is 0 Å². The van der Waals surface area contributed by atoms with Gasteiger partial charge in [-0.1, -0.05) is 34.1 Å². The largest absolute Gasteiger partial charge is 0.481 e. The molecule has 0 aromatic rings. The average Bonchev–Trinajstić information content (AvgIpc) is 3.05. The second-order valence-corrected chi connectivity index (χ2v) is 12.0. The lowest BCUT2D eigenvalue weighted by Gasteiger charge is -2.64. The lowest BCUT2D eigenvalue weighted by molar-refractivity contribution is -0.203. The van der Waals surface area contributed by atoms with Crippen molar-refractivity contribution in [3.8, 4) is 0 Å². The van der Waals surface area contributed by atoms with Gasteiger partial charge in [0.1, 0.15) is 0 Å². The van der Waals surface area contributed by atoms with Gasteiger partial charge in [0.25, 0.3) is 0 Å². The minimum absolute atomic E-state index is 0.194. The van der Waals surface area contributed by atoms with Gasteiger partial charge in [-0.05, 0) is 104 Å². The van der Waals surface area contributed by atoms with E-state index in [-0.39, 0.29) is 29.5 Å². The molecule has 0 unspecified atom stereocenters. The van der Waals surface area contributed by atoms with Gasteiger partial charge in [0, 0.05) is 6.42 Å². The smallest absolute Gasteiger partial charge is 0.303 e. The molecule has 0 aliphatic heterocycles. The van der Waals surface area contributed by atoms with Crippen LogP contribution in [0.1, 0.15) is 91.9 Å². The highest BCUT2D eigenvalue weighted by atomic mass is 16.4. The van der Waals surface area contributed by atoms with Crippen molar-refractivity contribution in [3.63, 3.8) is 0 Å². The Kier molecular flexibility index (Phi) is 6.07. The minimum atomic E-state index is -0.683. The molecule has 4 fully saturated rings. The molecule has 4 saturated carbocycles. The van der Waals surface area contributed by atoms with Crippen molar-refractivity contribution in [1.82, 2.24) is 0 Å². The summed E-state index contributed by atoms with van der Waals surface area (Å²) in [6.45, 7) is 9.44. The molecular weight excluding hydrogens is 376 g/mol. The first-order chi connectivity index (χ1) is 14.1. The topological polar surface area (TPSA) is 77.8 Å². The van der Waals surface area contributed by atoms with E-state index in [2.05, 4.69) is 27.7 Å². The zero-order valence-corrected chi connectivity index (χ0v) is 19.5. The third kappa shape index (κ3) is 3.36. The Morgan fingerprint density at radius 3 is 2.33 bits per heavy atom. The maximum atomic E-state index is 11.7. The van der Waals surface area contributed by atoms with E-state index < -0.39 is 5.97 Å². The van der Waals surface area contributed by atoms with Crippen LogP contribution in [-0.4, -0.2) is 33.5 Å². The number of fused-ring (bicyclic) bond motifs is 5. The van der Waals surface area contributed by atoms with Gasteiger partial charge in [0.05, 0.1) is 12.2 Å². The molecule has 4 nitrogen and oxygen atoms in total. The summed E-state index contributed by atoms with van der Waals surface area (Å²) in [5.74, 6) is 2.58. The Labute approximate surface area is 182 Å². The lowest BCUT2D eigenvalue weighted by Crippen LogP contribution is -2.62. The Morgan fingerprint density at radius 1 is 1.00 bits per heavy atom. The number of hydrogen-bond acceptors (Lipinski definition) is 3. The first-order valence-corrected chi connectivity index (χ1v) is 12.7. The van der Waals surface area contributed by atoms with Gasteiger partial charge in [-0.2, -0.15) is 0 Å². The molecule has 0 saturated heterocycles. The molecule has 11 atom stereocenters. The van der Waals surface area contributed by atoms with Crippen molar-refractivity contribution >= 4 is 5.97 Å². The summed E-state index contributed by atoms with van der Waals surface area (Å²) in [5, 5.41) is 31.3. The van der Waals surface area contributed by atoms with E-state index in [1.165, 1.54) is 25.7 Å². The van der Waals surface area contributed by atoms with E-state index >= 15 is 0 Å². The molecule has 0 aromatic carbocycles. The van der Waals surface area contributed by atoms with E-state index in [9.17, 15) is 15.0 Å². The van der Waals surface area contributed by atoms with Crippen LogP contribution in [-0.2, 0) is 4.79 Å². The fourth-order valence-corrected chi connectivity index (χ4v) is 9.48. The third-order valence-corrected chi connectivity index (χ3v) is 11.0. The molecule has 0 aromatic heterocycles. The number of carboxylic acid groups (broad SMARTS) is 1. The van der Waals surface area contributed by atoms with Crippen LogP contribution in [0, 0.1) is 52.3 Å². The maximum absolute atomic E-state index is 11.7. The average molecular weight is 421 g/mol. The SMILES string of the molecule is CC[C@H]1[C@H](O)[C@@H]2[C@H](CC[C@]3(C)[C@@H]([C@H](C)CCC(=O)O)CC[C@@H]23)[C@@]2(C)CC[C@@H](O)C[C@@H]12. The molecule has 4 rings (SSSR count). The molecule has 172 valence electrons. The molecule has 4 heteroatoms. The highest BCUT2D eigenvalue weighted by Gasteiger charge is 2.64. The van der Waals surface area contributed by atoms with Crippen LogP contribution in [0.25, 0.3) is 0 Å². The van der Waals surface area contributed by atoms with Crippen molar-refractivity contribution in [2.45, 2.75) is 104 Å². The molecule has 0 radical (unpaired) electrons. The van der Waals surface area contributed by atoms with Gasteiger partial charge in [-0.3, -0.25) is 4.79 Å². The van der Waals surface area contributed by atoms with Crippen LogP contribution in [0.15, 0.2) is 0 Å². The van der Waals surface area contributed by atoms with Gasteiger partial charge in [-0.25, -0.2) is 0 Å². The monoisotopic (exact) mass is 420 g/mol. The Balaban J connectivity index is 1.61. The summed E-state index contributed by atoms with van der Waals surface area (Å²) in [5.41, 5.74) is 0.480. The van der Waals surface area contributed by atoms with E-state index in [4.69, 9.17) is 5.11 Å². The van der Waals surface area contributed by atoms with Gasteiger partial charge < -0.3 is 15.3 Å². The van der Waals surface area contributed by atoms with Crippen LogP contribution in [0.2, 0.25) is 0 Å². The number of carboxylic acids is 1. The van der Waals surface area contributed by atoms with Crippen LogP contribution >= 0.6 is 0 Å². The third-order valence-electron chi connectivity index (χ3n) is 11.0. The van der Waals surface area contributed by atoms with Crippen LogP contribution in [0.5, 0.6) is 0 Å². The quantitative estimate of drug-likeness (QED) is 0.577. The Bertz CT molecular complexity index is 649. The molecule has 4 aliphatic rings. The summed E-state index contributed by atoms with van der Waals surface area (Å²) in [7, 11) is 0. The van der Waals surface area contributed by atoms with Gasteiger partial charge in [0.15, 0.2) is 0 Å². The van der Waals surface area contributed by atoms with E-state index in [0.717, 1.165) is 32.1 Å². The van der Waals surface area contributed by atoms with E-state index in [0.29, 0.717) is 41.4 Å². The summed E-state index contributed by atoms with van der Waals surface area (Å²) in [6.07, 6.45) is 9.27. The number of aliphatic hydroxyl groups excluding tert-OH is 2. The zero-order chi connectivity index (χ0) is 21.8. The number of aliphatic hydroxyl groups is 2. The van der Waals surface area contributed by atoms with Gasteiger partial charge >= 0.3 is 5.97 Å². The molecule has 3 N–H and O–H groups in total. The summed E-state index contributed by atoms with van der Waals surface area (Å²) >= 11 is 0. The van der Waals surface area contributed by atoms with Crippen molar-refractivity contribution in [3.05, 3.63) is 0 Å². The van der Waals surface area contributed by atoms with Crippen LogP contribution in [0.3, 0.4) is 0 Å². The number of rotatable bonds is 5. The number of aliphatic carboxylic acids is 1. The number of hydrogen-bond donors (Lipinski definition) is 3. The Hall–Kier alpha value is -0.610. The summed E-state index contributed by atoms with van der Waals surface area (Å²) in [6, 6.07) is 0. The van der Waals surface area contributed by atoms with Crippen molar-refractivity contribution in [2.24, 2.45) is 52.3 Å². The summed E-state index contributed by atoms with van der Waals surface area (Å²) in [4.78, 5) is 11.1. The molecule has 4 aliphatic carbocycles. The summed E-state index contributed by atoms with van der Waals surface area (Å²) < 4.78 is 0. The Morgan fingerprint density at radius 2 is 1.67 bits per heavy atom. The predicted molar refractivity (Wildman–Crippen MR) is 118 cm³/mol. The van der Waals surface area contributed by atoms with E-state index in [1.807, 2.05) is 0 Å². The van der Waals surface area contributed by atoms with Gasteiger partial charge in [-0.15, -0.1) is 0 Å². The fraction of sp³-hybridized carbons (Fsp3) is 0.962. The molecule has 0 amide bonds. The fourth-order valence-electron chi connectivity index (χ4n) is 9.48.